The van der Waals surface area contributed by atoms with Crippen LogP contribution in [-0.2, 0) is 9.53 Å². The molecule has 1 aromatic carbocycles. The Kier molecular flexibility index (Phi) is 5.18. The quantitative estimate of drug-likeness (QED) is 0.207. The molecule has 0 unspecified atom stereocenters. The third-order valence-electron chi connectivity index (χ3n) is 3.84. The number of esters is 1. The van der Waals surface area contributed by atoms with Crippen LogP contribution >= 0.6 is 11.6 Å². The highest BCUT2D eigenvalue weighted by atomic mass is 35.5. The van der Waals surface area contributed by atoms with Crippen molar-refractivity contribution in [3.05, 3.63) is 52.3 Å². The number of halogens is 3. The third-order valence-corrected chi connectivity index (χ3v) is 4.12. The summed E-state index contributed by atoms with van der Waals surface area (Å²) in [5, 5.41) is 2.94. The minimum absolute atomic E-state index is 0.0953. The summed E-state index contributed by atoms with van der Waals surface area (Å²) in [5.74, 6) is -3.65. The molecule has 0 atom stereocenters. The lowest BCUT2D eigenvalue weighted by Crippen LogP contribution is -2.21. The van der Waals surface area contributed by atoms with Crippen LogP contribution in [0.25, 0.3) is 10.9 Å². The Balaban J connectivity index is 2.02. The molecule has 1 aromatic heterocycles. The smallest absolute Gasteiger partial charge is 0.343 e. The molecule has 0 saturated heterocycles. The number of hydrogen-bond donors (Lipinski definition) is 1. The van der Waals surface area contributed by atoms with Crippen LogP contribution in [-0.4, -0.2) is 29.4 Å². The number of carbonyl (C=O) groups excluding carboxylic acids is 2. The SMILES string of the molecule is CCOC(=O)/C(=C\NC1CC1)C(=O)c1cc2cc(F)c(F)cc2nc1Cl. The highest BCUT2D eigenvalue weighted by Gasteiger charge is 2.26. The number of rotatable bonds is 6. The predicted molar refractivity (Wildman–Crippen MR) is 91.9 cm³/mol. The van der Waals surface area contributed by atoms with Gasteiger partial charge in [0, 0.05) is 23.7 Å². The van der Waals surface area contributed by atoms with E-state index in [2.05, 4.69) is 10.3 Å². The van der Waals surface area contributed by atoms with E-state index >= 15 is 0 Å². The fourth-order valence-electron chi connectivity index (χ4n) is 2.33. The topological polar surface area (TPSA) is 68.3 Å². The van der Waals surface area contributed by atoms with Crippen LogP contribution in [0.5, 0.6) is 0 Å². The number of pyridine rings is 1. The molecule has 0 radical (unpaired) electrons. The van der Waals surface area contributed by atoms with Gasteiger partial charge in [0.05, 0.1) is 17.7 Å². The highest BCUT2D eigenvalue weighted by molar-refractivity contribution is 6.36. The first-order chi connectivity index (χ1) is 12.4. The molecule has 0 spiro atoms. The van der Waals surface area contributed by atoms with Gasteiger partial charge in [0.25, 0.3) is 0 Å². The molecule has 26 heavy (non-hydrogen) atoms. The molecular weight excluding hydrogens is 366 g/mol. The Bertz CT molecular complexity index is 926. The Morgan fingerprint density at radius 1 is 1.31 bits per heavy atom. The van der Waals surface area contributed by atoms with Gasteiger partial charge in [0.1, 0.15) is 10.7 Å². The number of Topliss-reactive ketones (excluding diaryl/α,β-unsaturated/α-hetero) is 1. The van der Waals surface area contributed by atoms with Crippen molar-refractivity contribution < 1.29 is 23.1 Å². The van der Waals surface area contributed by atoms with E-state index in [1.807, 2.05) is 0 Å². The number of aromatic nitrogens is 1. The predicted octanol–water partition coefficient (Wildman–Crippen LogP) is 3.55. The maximum absolute atomic E-state index is 13.5. The minimum Gasteiger partial charge on any atom is -0.462 e. The van der Waals surface area contributed by atoms with E-state index in [1.165, 1.54) is 12.3 Å². The molecule has 5 nitrogen and oxygen atoms in total. The second-order valence-corrected chi connectivity index (χ2v) is 6.19. The van der Waals surface area contributed by atoms with Gasteiger partial charge >= 0.3 is 5.97 Å². The van der Waals surface area contributed by atoms with E-state index in [9.17, 15) is 18.4 Å². The summed E-state index contributed by atoms with van der Waals surface area (Å²) in [6.45, 7) is 1.72. The molecule has 1 aliphatic carbocycles. The molecule has 1 saturated carbocycles. The van der Waals surface area contributed by atoms with Crippen LogP contribution in [0.1, 0.15) is 30.1 Å². The van der Waals surface area contributed by atoms with Crippen molar-refractivity contribution in [2.75, 3.05) is 6.61 Å². The zero-order valence-electron chi connectivity index (χ0n) is 13.8. The molecule has 2 aromatic rings. The first-order valence-electron chi connectivity index (χ1n) is 8.04. The average molecular weight is 381 g/mol. The van der Waals surface area contributed by atoms with Gasteiger partial charge < -0.3 is 10.1 Å². The number of benzene rings is 1. The Morgan fingerprint density at radius 2 is 2.00 bits per heavy atom. The van der Waals surface area contributed by atoms with Crippen LogP contribution < -0.4 is 5.32 Å². The first kappa shape index (κ1) is 18.3. The summed E-state index contributed by atoms with van der Waals surface area (Å²) in [6, 6.07) is 3.30. The average Bonchev–Trinajstić information content (AvgIpc) is 3.40. The molecule has 0 aliphatic heterocycles. The van der Waals surface area contributed by atoms with Gasteiger partial charge in [-0.2, -0.15) is 0 Å². The fourth-order valence-corrected chi connectivity index (χ4v) is 2.56. The van der Waals surface area contributed by atoms with Crippen molar-refractivity contribution in [2.24, 2.45) is 0 Å². The van der Waals surface area contributed by atoms with Crippen LogP contribution in [0, 0.1) is 11.6 Å². The fraction of sp³-hybridized carbons (Fsp3) is 0.278. The Hall–Kier alpha value is -2.54. The zero-order valence-corrected chi connectivity index (χ0v) is 14.6. The second-order valence-electron chi connectivity index (χ2n) is 5.83. The molecule has 0 amide bonds. The second kappa shape index (κ2) is 7.37. The summed E-state index contributed by atoms with van der Waals surface area (Å²) in [4.78, 5) is 28.9. The maximum Gasteiger partial charge on any atom is 0.343 e. The van der Waals surface area contributed by atoms with E-state index in [0.717, 1.165) is 25.0 Å². The summed E-state index contributed by atoms with van der Waals surface area (Å²) < 4.78 is 31.7. The molecule has 8 heteroatoms. The largest absolute Gasteiger partial charge is 0.462 e. The van der Waals surface area contributed by atoms with Crippen LogP contribution in [0.2, 0.25) is 5.15 Å². The number of fused-ring (bicyclic) bond motifs is 1. The van der Waals surface area contributed by atoms with Crippen molar-refractivity contribution in [3.8, 4) is 0 Å². The lowest BCUT2D eigenvalue weighted by Gasteiger charge is -2.09. The van der Waals surface area contributed by atoms with Crippen molar-refractivity contribution >= 4 is 34.3 Å². The molecule has 1 aliphatic rings. The highest BCUT2D eigenvalue weighted by Crippen LogP contribution is 2.25. The van der Waals surface area contributed by atoms with Crippen molar-refractivity contribution in [3.63, 3.8) is 0 Å². The number of hydrogen-bond acceptors (Lipinski definition) is 5. The monoisotopic (exact) mass is 380 g/mol. The van der Waals surface area contributed by atoms with Crippen LogP contribution in [0.3, 0.4) is 0 Å². The minimum atomic E-state index is -1.07. The summed E-state index contributed by atoms with van der Waals surface area (Å²) in [5.41, 5.74) is -0.227. The molecule has 1 fully saturated rings. The molecule has 1 N–H and O–H groups in total. The number of nitrogens with one attached hydrogen (secondary N) is 1. The van der Waals surface area contributed by atoms with Crippen LogP contribution in [0.15, 0.2) is 30.0 Å². The summed E-state index contributed by atoms with van der Waals surface area (Å²) in [6.07, 6.45) is 3.21. The van der Waals surface area contributed by atoms with Gasteiger partial charge in [0.15, 0.2) is 11.6 Å². The normalized spacial score (nSPS) is 14.4. The van der Waals surface area contributed by atoms with E-state index in [-0.39, 0.29) is 39.8 Å². The van der Waals surface area contributed by atoms with Crippen molar-refractivity contribution in [1.29, 1.82) is 0 Å². The standard InChI is InChI=1S/C18H15ClF2N2O3/c1-2-26-18(25)12(8-22-10-3-4-10)16(24)11-5-9-6-13(20)14(21)7-15(9)23-17(11)19/h5-8,10,22H,2-4H2,1H3/b12-8-. The summed E-state index contributed by atoms with van der Waals surface area (Å²) >= 11 is 6.04. The van der Waals surface area contributed by atoms with Crippen molar-refractivity contribution in [1.82, 2.24) is 10.3 Å². The molecule has 1 heterocycles. The molecular formula is C18H15ClF2N2O3. The number of carbonyl (C=O) groups is 2. The van der Waals surface area contributed by atoms with Gasteiger partial charge in [-0.3, -0.25) is 4.79 Å². The van der Waals surface area contributed by atoms with Gasteiger partial charge in [0.2, 0.25) is 5.78 Å². The van der Waals surface area contributed by atoms with E-state index in [4.69, 9.17) is 16.3 Å². The number of ketones is 1. The lowest BCUT2D eigenvalue weighted by molar-refractivity contribution is -0.138. The van der Waals surface area contributed by atoms with E-state index in [1.54, 1.807) is 6.92 Å². The molecule has 136 valence electrons. The van der Waals surface area contributed by atoms with E-state index in [0.29, 0.717) is 0 Å². The van der Waals surface area contributed by atoms with Crippen LogP contribution in [0.4, 0.5) is 8.78 Å². The van der Waals surface area contributed by atoms with Gasteiger partial charge in [-0.05, 0) is 31.9 Å². The van der Waals surface area contributed by atoms with Gasteiger partial charge in [-0.1, -0.05) is 11.6 Å². The molecule has 0 bridgehead atoms. The van der Waals surface area contributed by atoms with Crippen molar-refractivity contribution in [2.45, 2.75) is 25.8 Å². The summed E-state index contributed by atoms with van der Waals surface area (Å²) in [7, 11) is 0. The molecule has 3 rings (SSSR count). The van der Waals surface area contributed by atoms with E-state index < -0.39 is 23.4 Å². The Morgan fingerprint density at radius 3 is 2.65 bits per heavy atom. The Labute approximate surface area is 153 Å². The number of nitrogens with zero attached hydrogens (tertiary/aromatic N) is 1. The zero-order chi connectivity index (χ0) is 18.8. The van der Waals surface area contributed by atoms with Gasteiger partial charge in [-0.25, -0.2) is 18.6 Å². The van der Waals surface area contributed by atoms with Gasteiger partial charge in [-0.15, -0.1) is 0 Å². The first-order valence-corrected chi connectivity index (χ1v) is 8.41. The maximum atomic E-state index is 13.5. The number of ether oxygens (including phenoxy) is 1. The third kappa shape index (κ3) is 3.83. The lowest BCUT2D eigenvalue weighted by atomic mass is 10.0.